The van der Waals surface area contributed by atoms with Crippen molar-refractivity contribution in [3.8, 4) is 0 Å². The molecule has 0 unspecified atom stereocenters. The van der Waals surface area contributed by atoms with E-state index in [4.69, 9.17) is 20.6 Å². The van der Waals surface area contributed by atoms with Gasteiger partial charge >= 0.3 is 0 Å². The molecular weight excluding hydrogens is 192 g/mol. The molecule has 0 aromatic heterocycles. The fourth-order valence-corrected chi connectivity index (χ4v) is 1.61. The monoisotopic (exact) mass is 214 g/mol. The van der Waals surface area contributed by atoms with Gasteiger partial charge in [0.05, 0.1) is 25.7 Å². The summed E-state index contributed by atoms with van der Waals surface area (Å²) >= 11 is 0. The Labute approximate surface area is 91.6 Å². The Morgan fingerprint density at radius 1 is 1.27 bits per heavy atom. The van der Waals surface area contributed by atoms with E-state index < -0.39 is 0 Å². The standard InChI is InChI=1S/C11H22N2O2/c1-2-5-14-6-7-15-9-11(3-4-11)8-10(12)13/h2-9H2,1H3,(H3,12,13). The molecule has 0 amide bonds. The average molecular weight is 214 g/mol. The Bertz CT molecular complexity index is 203. The molecule has 0 aliphatic heterocycles. The maximum Gasteiger partial charge on any atom is 0.0911 e. The van der Waals surface area contributed by atoms with Crippen LogP contribution in [0.4, 0.5) is 0 Å². The molecule has 4 nitrogen and oxygen atoms in total. The molecule has 0 atom stereocenters. The highest BCUT2D eigenvalue weighted by Crippen LogP contribution is 2.48. The third-order valence-corrected chi connectivity index (χ3v) is 2.65. The molecule has 1 rings (SSSR count). The summed E-state index contributed by atoms with van der Waals surface area (Å²) in [6, 6.07) is 0. The van der Waals surface area contributed by atoms with Crippen LogP contribution in [0.25, 0.3) is 0 Å². The summed E-state index contributed by atoms with van der Waals surface area (Å²) in [6.45, 7) is 4.95. The molecule has 0 bridgehead atoms. The Morgan fingerprint density at radius 3 is 2.47 bits per heavy atom. The number of amidine groups is 1. The van der Waals surface area contributed by atoms with Gasteiger partial charge < -0.3 is 15.2 Å². The highest BCUT2D eigenvalue weighted by Gasteiger charge is 2.43. The van der Waals surface area contributed by atoms with E-state index in [2.05, 4.69) is 6.92 Å². The predicted molar refractivity (Wildman–Crippen MR) is 60.1 cm³/mol. The molecule has 3 N–H and O–H groups in total. The molecule has 88 valence electrons. The van der Waals surface area contributed by atoms with Crippen molar-refractivity contribution in [1.29, 1.82) is 5.41 Å². The van der Waals surface area contributed by atoms with Gasteiger partial charge in [0.15, 0.2) is 0 Å². The smallest absolute Gasteiger partial charge is 0.0911 e. The van der Waals surface area contributed by atoms with E-state index in [1.807, 2.05) is 0 Å². The number of hydrogen-bond acceptors (Lipinski definition) is 3. The largest absolute Gasteiger partial charge is 0.388 e. The molecule has 4 heteroatoms. The van der Waals surface area contributed by atoms with Crippen molar-refractivity contribution < 1.29 is 9.47 Å². The van der Waals surface area contributed by atoms with Gasteiger partial charge in [-0.3, -0.25) is 5.41 Å². The Morgan fingerprint density at radius 2 is 1.93 bits per heavy atom. The van der Waals surface area contributed by atoms with E-state index in [1.54, 1.807) is 0 Å². The number of nitrogens with two attached hydrogens (primary N) is 1. The predicted octanol–water partition coefficient (Wildman–Crippen LogP) is 1.54. The van der Waals surface area contributed by atoms with Crippen molar-refractivity contribution in [2.75, 3.05) is 26.4 Å². The van der Waals surface area contributed by atoms with Crippen LogP contribution < -0.4 is 5.73 Å². The van der Waals surface area contributed by atoms with Crippen LogP contribution in [0, 0.1) is 10.8 Å². The first kappa shape index (κ1) is 12.5. The van der Waals surface area contributed by atoms with Crippen LogP contribution in [-0.2, 0) is 9.47 Å². The zero-order chi connectivity index (χ0) is 11.1. The summed E-state index contributed by atoms with van der Waals surface area (Å²) in [7, 11) is 0. The molecule has 1 fully saturated rings. The first-order chi connectivity index (χ1) is 7.18. The molecule has 0 aromatic rings. The molecule has 1 saturated carbocycles. The van der Waals surface area contributed by atoms with Crippen LogP contribution >= 0.6 is 0 Å². The molecule has 1 aliphatic carbocycles. The molecule has 0 heterocycles. The summed E-state index contributed by atoms with van der Waals surface area (Å²) in [5.41, 5.74) is 5.58. The van der Waals surface area contributed by atoms with E-state index in [0.29, 0.717) is 19.6 Å². The van der Waals surface area contributed by atoms with E-state index in [0.717, 1.165) is 32.5 Å². The number of rotatable bonds is 9. The summed E-state index contributed by atoms with van der Waals surface area (Å²) in [5, 5.41) is 7.26. The van der Waals surface area contributed by atoms with Gasteiger partial charge in [-0.05, 0) is 19.3 Å². The molecule has 0 radical (unpaired) electrons. The average Bonchev–Trinajstić information content (AvgIpc) is 2.91. The first-order valence-corrected chi connectivity index (χ1v) is 5.67. The summed E-state index contributed by atoms with van der Waals surface area (Å²) in [5.74, 6) is 0.276. The SMILES string of the molecule is CCCOCCOCC1(CC(=N)N)CC1. The molecule has 0 spiro atoms. The second kappa shape index (κ2) is 6.08. The normalized spacial score (nSPS) is 17.7. The minimum absolute atomic E-state index is 0.191. The fourth-order valence-electron chi connectivity index (χ4n) is 1.61. The summed E-state index contributed by atoms with van der Waals surface area (Å²) in [4.78, 5) is 0. The highest BCUT2D eigenvalue weighted by molar-refractivity contribution is 5.78. The molecule has 1 aliphatic rings. The highest BCUT2D eigenvalue weighted by atomic mass is 16.5. The van der Waals surface area contributed by atoms with Crippen molar-refractivity contribution in [2.45, 2.75) is 32.6 Å². The van der Waals surface area contributed by atoms with Gasteiger partial charge in [0, 0.05) is 18.4 Å². The second-order valence-electron chi connectivity index (χ2n) is 4.37. The topological polar surface area (TPSA) is 68.3 Å². The van der Waals surface area contributed by atoms with Crippen molar-refractivity contribution >= 4 is 5.84 Å². The lowest BCUT2D eigenvalue weighted by Gasteiger charge is -2.14. The van der Waals surface area contributed by atoms with Crippen LogP contribution in [-0.4, -0.2) is 32.3 Å². The minimum Gasteiger partial charge on any atom is -0.388 e. The number of hydrogen-bond donors (Lipinski definition) is 2. The second-order valence-corrected chi connectivity index (χ2v) is 4.37. The Kier molecular flexibility index (Phi) is 5.05. The lowest BCUT2D eigenvalue weighted by Crippen LogP contribution is -2.21. The van der Waals surface area contributed by atoms with Gasteiger partial charge in [-0.2, -0.15) is 0 Å². The van der Waals surface area contributed by atoms with Crippen LogP contribution in [0.3, 0.4) is 0 Å². The quantitative estimate of drug-likeness (QED) is 0.347. The van der Waals surface area contributed by atoms with Crippen LogP contribution in [0.2, 0.25) is 0 Å². The minimum atomic E-state index is 0.191. The van der Waals surface area contributed by atoms with Gasteiger partial charge in [0.25, 0.3) is 0 Å². The fraction of sp³-hybridized carbons (Fsp3) is 0.909. The van der Waals surface area contributed by atoms with E-state index in [9.17, 15) is 0 Å². The van der Waals surface area contributed by atoms with Crippen LogP contribution in [0.15, 0.2) is 0 Å². The van der Waals surface area contributed by atoms with Gasteiger partial charge in [-0.25, -0.2) is 0 Å². The van der Waals surface area contributed by atoms with Crippen molar-refractivity contribution in [3.63, 3.8) is 0 Å². The Balaban J connectivity index is 1.97. The van der Waals surface area contributed by atoms with Crippen molar-refractivity contribution in [1.82, 2.24) is 0 Å². The van der Waals surface area contributed by atoms with Crippen LogP contribution in [0.1, 0.15) is 32.6 Å². The van der Waals surface area contributed by atoms with Gasteiger partial charge in [-0.15, -0.1) is 0 Å². The third-order valence-electron chi connectivity index (χ3n) is 2.65. The van der Waals surface area contributed by atoms with Gasteiger partial charge in [0.1, 0.15) is 0 Å². The zero-order valence-corrected chi connectivity index (χ0v) is 9.55. The maximum absolute atomic E-state index is 7.26. The van der Waals surface area contributed by atoms with Gasteiger partial charge in [-0.1, -0.05) is 6.92 Å². The number of nitrogens with one attached hydrogen (secondary N) is 1. The molecule has 0 saturated heterocycles. The summed E-state index contributed by atoms with van der Waals surface area (Å²) < 4.78 is 10.8. The molecule has 15 heavy (non-hydrogen) atoms. The van der Waals surface area contributed by atoms with Crippen molar-refractivity contribution in [3.05, 3.63) is 0 Å². The lowest BCUT2D eigenvalue weighted by molar-refractivity contribution is 0.0300. The zero-order valence-electron chi connectivity index (χ0n) is 9.55. The van der Waals surface area contributed by atoms with E-state index in [1.165, 1.54) is 0 Å². The third kappa shape index (κ3) is 5.14. The lowest BCUT2D eigenvalue weighted by atomic mass is 10.0. The summed E-state index contributed by atoms with van der Waals surface area (Å²) in [6.07, 6.45) is 4.02. The first-order valence-electron chi connectivity index (χ1n) is 5.67. The van der Waals surface area contributed by atoms with Gasteiger partial charge in [0.2, 0.25) is 0 Å². The van der Waals surface area contributed by atoms with E-state index in [-0.39, 0.29) is 11.3 Å². The van der Waals surface area contributed by atoms with E-state index >= 15 is 0 Å². The number of ether oxygens (including phenoxy) is 2. The maximum atomic E-state index is 7.26. The Hall–Kier alpha value is -0.610. The van der Waals surface area contributed by atoms with Crippen molar-refractivity contribution in [2.24, 2.45) is 11.1 Å². The molecule has 0 aromatic carbocycles. The molecular formula is C11H22N2O2. The van der Waals surface area contributed by atoms with Crippen LogP contribution in [0.5, 0.6) is 0 Å².